The predicted octanol–water partition coefficient (Wildman–Crippen LogP) is 4.12. The Bertz CT molecular complexity index is 528. The van der Waals surface area contributed by atoms with E-state index in [2.05, 4.69) is 71.3 Å². The van der Waals surface area contributed by atoms with Crippen LogP contribution in [0.15, 0.2) is 59.1 Å². The van der Waals surface area contributed by atoms with Crippen LogP contribution in [0.3, 0.4) is 0 Å². The molecule has 0 saturated heterocycles. The van der Waals surface area contributed by atoms with Gasteiger partial charge in [0.2, 0.25) is 0 Å². The lowest BCUT2D eigenvalue weighted by atomic mass is 10.0. The van der Waals surface area contributed by atoms with E-state index in [9.17, 15) is 0 Å². The van der Waals surface area contributed by atoms with Crippen molar-refractivity contribution in [3.63, 3.8) is 0 Å². The van der Waals surface area contributed by atoms with Crippen LogP contribution in [-0.2, 0) is 4.74 Å². The molecule has 0 unspecified atom stereocenters. The van der Waals surface area contributed by atoms with E-state index in [1.807, 2.05) is 18.2 Å². The molecule has 0 aromatic heterocycles. The van der Waals surface area contributed by atoms with Crippen molar-refractivity contribution in [1.82, 2.24) is 4.90 Å². The fraction of sp³-hybridized carbons (Fsp3) is 0.294. The van der Waals surface area contributed by atoms with E-state index in [1.165, 1.54) is 5.56 Å². The van der Waals surface area contributed by atoms with Gasteiger partial charge in [-0.3, -0.25) is 0 Å². The van der Waals surface area contributed by atoms with E-state index in [4.69, 9.17) is 4.74 Å². The molecule has 0 N–H and O–H groups in total. The smallest absolute Gasteiger partial charge is 0.109 e. The summed E-state index contributed by atoms with van der Waals surface area (Å²) in [7, 11) is 4.11. The predicted molar refractivity (Wildman–Crippen MR) is 86.9 cm³/mol. The molecule has 0 saturated carbocycles. The van der Waals surface area contributed by atoms with Crippen molar-refractivity contribution in [2.45, 2.75) is 6.10 Å². The summed E-state index contributed by atoms with van der Waals surface area (Å²) in [6.07, 6.45) is -0.0354. The quantitative estimate of drug-likeness (QED) is 0.788. The zero-order valence-electron chi connectivity index (χ0n) is 11.9. The van der Waals surface area contributed by atoms with Gasteiger partial charge in [-0.2, -0.15) is 0 Å². The number of ether oxygens (including phenoxy) is 1. The van der Waals surface area contributed by atoms with Gasteiger partial charge >= 0.3 is 0 Å². The highest BCUT2D eigenvalue weighted by atomic mass is 79.9. The molecule has 106 valence electrons. The van der Waals surface area contributed by atoms with Crippen LogP contribution in [0.4, 0.5) is 0 Å². The zero-order chi connectivity index (χ0) is 14.4. The summed E-state index contributed by atoms with van der Waals surface area (Å²) in [5, 5.41) is 0. The number of halogens is 1. The van der Waals surface area contributed by atoms with E-state index >= 15 is 0 Å². The minimum Gasteiger partial charge on any atom is -0.367 e. The van der Waals surface area contributed by atoms with Crippen LogP contribution in [0.25, 0.3) is 0 Å². The Balaban J connectivity index is 2.23. The Morgan fingerprint density at radius 3 is 2.30 bits per heavy atom. The summed E-state index contributed by atoms with van der Waals surface area (Å²) in [6, 6.07) is 18.6. The van der Waals surface area contributed by atoms with Gasteiger partial charge < -0.3 is 9.64 Å². The van der Waals surface area contributed by atoms with Gasteiger partial charge in [-0.1, -0.05) is 64.5 Å². The molecule has 2 aromatic rings. The van der Waals surface area contributed by atoms with Crippen molar-refractivity contribution >= 4 is 15.9 Å². The van der Waals surface area contributed by atoms with Gasteiger partial charge in [0.15, 0.2) is 0 Å². The van der Waals surface area contributed by atoms with Crippen LogP contribution in [0, 0.1) is 0 Å². The molecule has 1 atom stereocenters. The molecule has 0 bridgehead atoms. The van der Waals surface area contributed by atoms with Gasteiger partial charge in [0.1, 0.15) is 6.10 Å². The Morgan fingerprint density at radius 2 is 1.65 bits per heavy atom. The average Bonchev–Trinajstić information content (AvgIpc) is 2.45. The number of rotatable bonds is 6. The molecule has 0 amide bonds. The van der Waals surface area contributed by atoms with Crippen molar-refractivity contribution in [1.29, 1.82) is 0 Å². The van der Waals surface area contributed by atoms with E-state index < -0.39 is 0 Å². The van der Waals surface area contributed by atoms with Crippen molar-refractivity contribution in [2.75, 3.05) is 27.2 Å². The summed E-state index contributed by atoms with van der Waals surface area (Å²) < 4.78 is 7.22. The molecule has 2 rings (SSSR count). The summed E-state index contributed by atoms with van der Waals surface area (Å²) >= 11 is 3.62. The van der Waals surface area contributed by atoms with Crippen LogP contribution in [0.5, 0.6) is 0 Å². The van der Waals surface area contributed by atoms with Gasteiger partial charge in [0.25, 0.3) is 0 Å². The highest BCUT2D eigenvalue weighted by Gasteiger charge is 2.16. The normalized spacial score (nSPS) is 12.6. The molecular weight excluding hydrogens is 314 g/mol. The second kappa shape index (κ2) is 7.58. The fourth-order valence-electron chi connectivity index (χ4n) is 2.03. The maximum Gasteiger partial charge on any atom is 0.109 e. The summed E-state index contributed by atoms with van der Waals surface area (Å²) in [5.74, 6) is 0. The van der Waals surface area contributed by atoms with Crippen LogP contribution >= 0.6 is 15.9 Å². The second-order valence-corrected chi connectivity index (χ2v) is 5.84. The molecule has 0 radical (unpaired) electrons. The highest BCUT2D eigenvalue weighted by molar-refractivity contribution is 9.10. The summed E-state index contributed by atoms with van der Waals surface area (Å²) in [5.41, 5.74) is 2.34. The first kappa shape index (κ1) is 15.2. The third kappa shape index (κ3) is 4.17. The Labute approximate surface area is 129 Å². The average molecular weight is 334 g/mol. The topological polar surface area (TPSA) is 12.5 Å². The van der Waals surface area contributed by atoms with E-state index in [0.717, 1.165) is 16.6 Å². The molecule has 0 fully saturated rings. The molecule has 0 spiro atoms. The maximum absolute atomic E-state index is 6.13. The van der Waals surface area contributed by atoms with E-state index in [-0.39, 0.29) is 6.10 Å². The summed E-state index contributed by atoms with van der Waals surface area (Å²) in [6.45, 7) is 1.61. The van der Waals surface area contributed by atoms with Crippen LogP contribution in [-0.4, -0.2) is 32.1 Å². The van der Waals surface area contributed by atoms with Gasteiger partial charge in [-0.25, -0.2) is 0 Å². The largest absolute Gasteiger partial charge is 0.367 e. The third-order valence-electron chi connectivity index (χ3n) is 3.11. The third-order valence-corrected chi connectivity index (χ3v) is 3.84. The van der Waals surface area contributed by atoms with Gasteiger partial charge in [-0.15, -0.1) is 0 Å². The lowest BCUT2D eigenvalue weighted by molar-refractivity contribution is 0.0683. The van der Waals surface area contributed by atoms with Crippen LogP contribution in [0.1, 0.15) is 17.2 Å². The Kier molecular flexibility index (Phi) is 5.77. The molecule has 0 aliphatic rings. The van der Waals surface area contributed by atoms with E-state index in [1.54, 1.807) is 0 Å². The lowest BCUT2D eigenvalue weighted by Gasteiger charge is -2.21. The molecular formula is C17H20BrNO. The molecule has 0 aliphatic heterocycles. The first-order valence-corrected chi connectivity index (χ1v) is 7.53. The number of benzene rings is 2. The SMILES string of the molecule is CN(C)CCO[C@@H](c1ccccc1)c1ccccc1Br. The van der Waals surface area contributed by atoms with Gasteiger partial charge in [0.05, 0.1) is 6.61 Å². The second-order valence-electron chi connectivity index (χ2n) is 4.99. The minimum atomic E-state index is -0.0354. The molecule has 20 heavy (non-hydrogen) atoms. The molecule has 3 heteroatoms. The first-order valence-electron chi connectivity index (χ1n) is 6.74. The summed E-state index contributed by atoms with van der Waals surface area (Å²) in [4.78, 5) is 2.13. The number of hydrogen-bond acceptors (Lipinski definition) is 2. The first-order chi connectivity index (χ1) is 9.68. The number of hydrogen-bond donors (Lipinski definition) is 0. The molecule has 0 aliphatic carbocycles. The van der Waals surface area contributed by atoms with Crippen LogP contribution in [0.2, 0.25) is 0 Å². The number of likely N-dealkylation sites (N-methyl/N-ethyl adjacent to an activating group) is 1. The van der Waals surface area contributed by atoms with Gasteiger partial charge in [0, 0.05) is 11.0 Å². The zero-order valence-corrected chi connectivity index (χ0v) is 13.5. The highest BCUT2D eigenvalue weighted by Crippen LogP contribution is 2.31. The standard InChI is InChI=1S/C17H20BrNO/c1-19(2)12-13-20-17(14-8-4-3-5-9-14)15-10-6-7-11-16(15)18/h3-11,17H,12-13H2,1-2H3/t17-/m0/s1. The van der Waals surface area contributed by atoms with Crippen molar-refractivity contribution in [3.8, 4) is 0 Å². The lowest BCUT2D eigenvalue weighted by Crippen LogP contribution is -2.20. The van der Waals surface area contributed by atoms with Crippen LogP contribution < -0.4 is 0 Å². The Morgan fingerprint density at radius 1 is 1.00 bits per heavy atom. The minimum absolute atomic E-state index is 0.0354. The van der Waals surface area contributed by atoms with E-state index in [0.29, 0.717) is 6.61 Å². The Hall–Kier alpha value is -1.16. The fourth-order valence-corrected chi connectivity index (χ4v) is 2.53. The molecule has 2 nitrogen and oxygen atoms in total. The van der Waals surface area contributed by atoms with Crippen molar-refractivity contribution in [3.05, 3.63) is 70.2 Å². The molecule has 2 aromatic carbocycles. The van der Waals surface area contributed by atoms with Crippen molar-refractivity contribution < 1.29 is 4.74 Å². The van der Waals surface area contributed by atoms with Crippen molar-refractivity contribution in [2.24, 2.45) is 0 Å². The molecule has 0 heterocycles. The maximum atomic E-state index is 6.13. The monoisotopic (exact) mass is 333 g/mol. The number of nitrogens with zero attached hydrogens (tertiary/aromatic N) is 1. The van der Waals surface area contributed by atoms with Gasteiger partial charge in [-0.05, 0) is 31.3 Å².